The molecule has 1 heterocycles. The van der Waals surface area contributed by atoms with E-state index in [1.807, 2.05) is 27.7 Å². The Morgan fingerprint density at radius 3 is 1.75 bits per heavy atom. The number of amides is 1. The van der Waals surface area contributed by atoms with E-state index in [2.05, 4.69) is 0 Å². The Morgan fingerprint density at radius 2 is 1.33 bits per heavy atom. The maximum absolute atomic E-state index is 13.6. The van der Waals surface area contributed by atoms with E-state index < -0.39 is 49.8 Å². The third kappa shape index (κ3) is 9.52. The summed E-state index contributed by atoms with van der Waals surface area (Å²) in [5.74, 6) is -0.931. The van der Waals surface area contributed by atoms with E-state index >= 15 is 0 Å². The minimum atomic E-state index is -3.43. The zero-order valence-electron chi connectivity index (χ0n) is 24.4. The van der Waals surface area contributed by atoms with Crippen molar-refractivity contribution in [3.8, 4) is 0 Å². The van der Waals surface area contributed by atoms with Crippen molar-refractivity contribution >= 4 is 29.0 Å². The summed E-state index contributed by atoms with van der Waals surface area (Å²) >= 11 is 0. The van der Waals surface area contributed by atoms with Gasteiger partial charge in [-0.2, -0.15) is 0 Å². The molecule has 1 unspecified atom stereocenters. The summed E-state index contributed by atoms with van der Waals surface area (Å²) < 4.78 is 47.6. The number of sulfone groups is 1. The lowest BCUT2D eigenvalue weighted by Crippen LogP contribution is -2.58. The molecule has 0 radical (unpaired) electrons. The first-order chi connectivity index (χ1) is 15.9. The number of carbonyl (C=O) groups excluding carboxylic acids is 2. The highest BCUT2D eigenvalue weighted by Crippen LogP contribution is 2.38. The number of rotatable bonds is 10. The summed E-state index contributed by atoms with van der Waals surface area (Å²) in [7, 11) is -2.34. The van der Waals surface area contributed by atoms with Crippen molar-refractivity contribution in [2.45, 2.75) is 129 Å². The second-order valence-electron chi connectivity index (χ2n) is 12.9. The minimum Gasteiger partial charge on any atom is -0.458 e. The van der Waals surface area contributed by atoms with E-state index in [9.17, 15) is 18.0 Å². The molecule has 0 saturated carbocycles. The van der Waals surface area contributed by atoms with Crippen LogP contribution < -0.4 is 0 Å². The fourth-order valence-electron chi connectivity index (χ4n) is 3.85. The van der Waals surface area contributed by atoms with Gasteiger partial charge in [-0.05, 0) is 88.4 Å². The number of hydrogen-bond acceptors (Lipinski definition) is 8. The monoisotopic (exact) mass is 533 g/mol. The van der Waals surface area contributed by atoms with Crippen LogP contribution in [-0.4, -0.2) is 79.5 Å². The summed E-state index contributed by atoms with van der Waals surface area (Å²) in [5, 5.41) is 0. The predicted molar refractivity (Wildman–Crippen MR) is 142 cm³/mol. The molecule has 36 heavy (non-hydrogen) atoms. The van der Waals surface area contributed by atoms with Gasteiger partial charge in [-0.3, -0.25) is 4.90 Å². The van der Waals surface area contributed by atoms with E-state index in [1.165, 1.54) is 11.9 Å². The molecule has 0 aromatic carbocycles. The Labute approximate surface area is 219 Å². The van der Waals surface area contributed by atoms with Crippen molar-refractivity contribution in [3.63, 3.8) is 0 Å². The Morgan fingerprint density at radius 1 is 0.861 bits per heavy atom. The first kappa shape index (κ1) is 32.7. The van der Waals surface area contributed by atoms with Crippen LogP contribution in [0.1, 0.15) is 94.9 Å². The third-order valence-electron chi connectivity index (χ3n) is 6.56. The Hall–Kier alpha value is -1.33. The van der Waals surface area contributed by atoms with Crippen LogP contribution in [0.25, 0.3) is 0 Å². The topological polar surface area (TPSA) is 108 Å². The van der Waals surface area contributed by atoms with Crippen LogP contribution in [-0.2, 0) is 33.4 Å². The Bertz CT molecular complexity index is 873. The molecule has 1 aliphatic rings. The van der Waals surface area contributed by atoms with Crippen LogP contribution in [0.4, 0.5) is 4.79 Å². The van der Waals surface area contributed by atoms with Crippen molar-refractivity contribution in [2.75, 3.05) is 19.1 Å². The summed E-state index contributed by atoms with van der Waals surface area (Å²) in [6.45, 7) is 18.3. The van der Waals surface area contributed by atoms with Crippen molar-refractivity contribution in [1.29, 1.82) is 0 Å². The number of hydrogen-bond donors (Lipinski definition) is 0. The fraction of sp³-hybridized carbons (Fsp3) is 0.920. The third-order valence-corrected chi connectivity index (χ3v) is 7.50. The van der Waals surface area contributed by atoms with E-state index in [-0.39, 0.29) is 25.7 Å². The van der Waals surface area contributed by atoms with Crippen molar-refractivity contribution in [2.24, 2.45) is 0 Å². The van der Waals surface area contributed by atoms with Gasteiger partial charge in [0.1, 0.15) is 26.6 Å². The number of likely N-dealkylation sites (N-methyl/N-ethyl adjacent to an activating group) is 1. The molecule has 1 atom stereocenters. The lowest BCUT2D eigenvalue weighted by Gasteiger charge is -2.41. The normalized spacial score (nSPS) is 19.5. The van der Waals surface area contributed by atoms with Gasteiger partial charge in [0.15, 0.2) is 0 Å². The van der Waals surface area contributed by atoms with E-state index in [4.69, 9.17) is 18.8 Å². The molecule has 11 heteroatoms. The molecular formula is C25H48BNO8S. The van der Waals surface area contributed by atoms with E-state index in [0.717, 1.165) is 6.26 Å². The van der Waals surface area contributed by atoms with Gasteiger partial charge >= 0.3 is 19.2 Å². The molecule has 210 valence electrons. The van der Waals surface area contributed by atoms with Gasteiger partial charge in [-0.15, -0.1) is 0 Å². The van der Waals surface area contributed by atoms with Crippen LogP contribution in [0.2, 0.25) is 6.32 Å². The molecule has 9 nitrogen and oxygen atoms in total. The number of nitrogens with zero attached hydrogens (tertiary/aromatic N) is 1. The van der Waals surface area contributed by atoms with Crippen LogP contribution >= 0.6 is 0 Å². The Balaban J connectivity index is 3.20. The van der Waals surface area contributed by atoms with Gasteiger partial charge in [0.05, 0.1) is 17.0 Å². The number of carbonyl (C=O) groups is 2. The van der Waals surface area contributed by atoms with Crippen LogP contribution in [0.5, 0.6) is 0 Å². The molecule has 0 aromatic heterocycles. The molecule has 0 aliphatic carbocycles. The molecule has 1 saturated heterocycles. The summed E-state index contributed by atoms with van der Waals surface area (Å²) in [6.07, 6.45) is 2.24. The average molecular weight is 534 g/mol. The first-order valence-electron chi connectivity index (χ1n) is 12.6. The molecule has 0 N–H and O–H groups in total. The van der Waals surface area contributed by atoms with Gasteiger partial charge in [0, 0.05) is 13.3 Å². The highest BCUT2D eigenvalue weighted by atomic mass is 32.2. The van der Waals surface area contributed by atoms with Crippen molar-refractivity contribution in [3.05, 3.63) is 0 Å². The summed E-state index contributed by atoms with van der Waals surface area (Å²) in [4.78, 5) is 27.9. The van der Waals surface area contributed by atoms with Gasteiger partial charge < -0.3 is 18.8 Å². The van der Waals surface area contributed by atoms with Crippen LogP contribution in [0.15, 0.2) is 0 Å². The predicted octanol–water partition coefficient (Wildman–Crippen LogP) is 4.63. The van der Waals surface area contributed by atoms with Gasteiger partial charge in [-0.25, -0.2) is 18.0 Å². The lowest BCUT2D eigenvalue weighted by molar-refractivity contribution is -0.169. The highest BCUT2D eigenvalue weighted by molar-refractivity contribution is 7.90. The van der Waals surface area contributed by atoms with Gasteiger partial charge in [0.2, 0.25) is 0 Å². The standard InChI is InChI=1S/C25H48BNO8S/c1-21(2,3)32-19(28)25(16-18-36(12,30)31,27(11)20(29)33-22(4,5)6)15-13-14-17-26-34-23(7,8)24(9,10)35-26/h13-18H2,1-12H3. The van der Waals surface area contributed by atoms with Crippen molar-refractivity contribution < 1.29 is 36.8 Å². The van der Waals surface area contributed by atoms with Gasteiger partial charge in [0.25, 0.3) is 0 Å². The minimum absolute atomic E-state index is 0.104. The molecule has 1 fully saturated rings. The zero-order valence-corrected chi connectivity index (χ0v) is 25.3. The van der Waals surface area contributed by atoms with Crippen LogP contribution in [0.3, 0.4) is 0 Å². The molecule has 1 aliphatic heterocycles. The molecule has 1 amide bonds. The van der Waals surface area contributed by atoms with E-state index in [1.54, 1.807) is 41.5 Å². The Kier molecular flexibility index (Phi) is 10.2. The quantitative estimate of drug-likeness (QED) is 0.227. The summed E-state index contributed by atoms with van der Waals surface area (Å²) in [5.41, 5.74) is -4.02. The number of ether oxygens (including phenoxy) is 2. The molecule has 1 rings (SSSR count). The average Bonchev–Trinajstić information content (AvgIpc) is 2.83. The number of unbranched alkanes of at least 4 members (excludes halogenated alkanes) is 1. The molecule has 0 bridgehead atoms. The molecule has 0 spiro atoms. The fourth-order valence-corrected chi connectivity index (χ4v) is 4.55. The second kappa shape index (κ2) is 11.2. The van der Waals surface area contributed by atoms with Gasteiger partial charge in [-0.1, -0.05) is 12.8 Å². The highest BCUT2D eigenvalue weighted by Gasteiger charge is 2.51. The number of esters is 1. The van der Waals surface area contributed by atoms with Crippen LogP contribution in [0, 0.1) is 0 Å². The first-order valence-corrected chi connectivity index (χ1v) is 14.7. The van der Waals surface area contributed by atoms with E-state index in [0.29, 0.717) is 19.2 Å². The molecule has 0 aromatic rings. The maximum atomic E-state index is 13.6. The summed E-state index contributed by atoms with van der Waals surface area (Å²) in [6, 6.07) is 0. The zero-order chi connectivity index (χ0) is 28.4. The largest absolute Gasteiger partial charge is 0.458 e. The smallest absolute Gasteiger partial charge is 0.457 e. The second-order valence-corrected chi connectivity index (χ2v) is 15.1. The maximum Gasteiger partial charge on any atom is 0.457 e. The lowest BCUT2D eigenvalue weighted by atomic mass is 9.80. The SMILES string of the molecule is CN(C(=O)OC(C)(C)C)C(CCCCB1OC(C)(C)C(C)(C)O1)(CCS(C)(=O)=O)C(=O)OC(C)(C)C. The molecular weight excluding hydrogens is 485 g/mol. The van der Waals surface area contributed by atoms with Crippen molar-refractivity contribution in [1.82, 2.24) is 4.90 Å².